The molecule has 0 aliphatic heterocycles. The fraction of sp³-hybridized carbons (Fsp3) is 0.545. The van der Waals surface area contributed by atoms with Gasteiger partial charge in [0.1, 0.15) is 5.92 Å². The third-order valence-electron chi connectivity index (χ3n) is 2.62. The summed E-state index contributed by atoms with van der Waals surface area (Å²) in [5.74, 6) is -2.21. The van der Waals surface area contributed by atoms with Crippen molar-refractivity contribution in [2.24, 2.45) is 11.3 Å². The molecular weight excluding hydrogens is 183 g/mol. The van der Waals surface area contributed by atoms with Gasteiger partial charge in [0.05, 0.1) is 0 Å². The van der Waals surface area contributed by atoms with E-state index in [1.165, 1.54) is 12.2 Å². The van der Waals surface area contributed by atoms with Crippen LogP contribution < -0.4 is 0 Å². The molecule has 0 aromatic carbocycles. The maximum absolute atomic E-state index is 14.5. The van der Waals surface area contributed by atoms with E-state index in [1.807, 2.05) is 0 Å². The quantitative estimate of drug-likeness (QED) is 0.703. The predicted molar refractivity (Wildman–Crippen MR) is 52.7 cm³/mol. The molecule has 2 unspecified atom stereocenters. The highest BCUT2D eigenvalue weighted by atomic mass is 19.1. The van der Waals surface area contributed by atoms with Gasteiger partial charge in [-0.05, 0) is 6.08 Å². The fourth-order valence-electron chi connectivity index (χ4n) is 1.59. The molecule has 1 aliphatic carbocycles. The Labute approximate surface area is 83.1 Å². The molecule has 0 aromatic rings. The van der Waals surface area contributed by atoms with Crippen molar-refractivity contribution in [2.75, 3.05) is 0 Å². The van der Waals surface area contributed by atoms with Gasteiger partial charge in [-0.2, -0.15) is 0 Å². The second-order valence-corrected chi connectivity index (χ2v) is 4.58. The number of halogens is 1. The minimum atomic E-state index is -1.81. The van der Waals surface area contributed by atoms with E-state index in [9.17, 15) is 9.18 Å². The van der Waals surface area contributed by atoms with E-state index in [-0.39, 0.29) is 0 Å². The lowest BCUT2D eigenvalue weighted by molar-refractivity contribution is -0.146. The van der Waals surface area contributed by atoms with Crippen LogP contribution in [-0.2, 0) is 4.79 Å². The van der Waals surface area contributed by atoms with Gasteiger partial charge in [0.15, 0.2) is 5.67 Å². The molecule has 0 saturated heterocycles. The van der Waals surface area contributed by atoms with Crippen LogP contribution in [0.2, 0.25) is 0 Å². The summed E-state index contributed by atoms with van der Waals surface area (Å²) in [4.78, 5) is 10.9. The highest BCUT2D eigenvalue weighted by Gasteiger charge is 2.49. The number of hydrogen-bond donors (Lipinski definition) is 1. The number of carboxylic acid groups (broad SMARTS) is 1. The lowest BCUT2D eigenvalue weighted by Gasteiger charge is -2.39. The first-order valence-corrected chi connectivity index (χ1v) is 4.57. The smallest absolute Gasteiger partial charge is 0.314 e. The molecule has 78 valence electrons. The minimum Gasteiger partial charge on any atom is -0.481 e. The fourth-order valence-corrected chi connectivity index (χ4v) is 1.59. The van der Waals surface area contributed by atoms with E-state index in [2.05, 4.69) is 0 Å². The molecule has 2 atom stereocenters. The van der Waals surface area contributed by atoms with Crippen molar-refractivity contribution in [3.63, 3.8) is 0 Å². The van der Waals surface area contributed by atoms with Crippen LogP contribution in [0.5, 0.6) is 0 Å². The van der Waals surface area contributed by atoms with Crippen LogP contribution in [0.4, 0.5) is 4.39 Å². The number of rotatable bonds is 1. The van der Waals surface area contributed by atoms with E-state index in [4.69, 9.17) is 5.11 Å². The second kappa shape index (κ2) is 3.23. The Balaban J connectivity index is 3.13. The number of carbonyl (C=O) groups is 1. The normalized spacial score (nSPS) is 31.9. The van der Waals surface area contributed by atoms with Crippen LogP contribution in [0.3, 0.4) is 0 Å². The summed E-state index contributed by atoms with van der Waals surface area (Å²) in [6, 6.07) is 0. The van der Waals surface area contributed by atoms with E-state index in [1.54, 1.807) is 32.9 Å². The van der Waals surface area contributed by atoms with Gasteiger partial charge in [-0.3, -0.25) is 4.79 Å². The molecule has 0 aromatic heterocycles. The average Bonchev–Trinajstić information content (AvgIpc) is 2.02. The second-order valence-electron chi connectivity index (χ2n) is 4.58. The molecule has 2 nitrogen and oxygen atoms in total. The first-order chi connectivity index (χ1) is 6.29. The lowest BCUT2D eigenvalue weighted by Crippen LogP contribution is -2.47. The number of allylic oxidation sites excluding steroid dienone is 3. The Morgan fingerprint density at radius 3 is 2.36 bits per heavy atom. The van der Waals surface area contributed by atoms with E-state index < -0.39 is 23.0 Å². The molecule has 0 bridgehead atoms. The van der Waals surface area contributed by atoms with Gasteiger partial charge in [0.2, 0.25) is 0 Å². The standard InChI is InChI=1S/C11H15FO2/c1-10(2,3)11(12)7-5-4-6-8(11)9(13)14/h4-8H,1-3H3,(H,13,14). The Morgan fingerprint density at radius 1 is 1.43 bits per heavy atom. The third kappa shape index (κ3) is 1.59. The SMILES string of the molecule is CC(C)(C)C1(F)C=CC=CC1C(=O)O. The van der Waals surface area contributed by atoms with Crippen molar-refractivity contribution in [3.05, 3.63) is 24.3 Å². The molecule has 0 heterocycles. The van der Waals surface area contributed by atoms with Gasteiger partial charge in [0, 0.05) is 5.41 Å². The average molecular weight is 198 g/mol. The Hall–Kier alpha value is -1.12. The van der Waals surface area contributed by atoms with Gasteiger partial charge in [-0.25, -0.2) is 4.39 Å². The molecule has 0 amide bonds. The molecule has 0 saturated carbocycles. The highest BCUT2D eigenvalue weighted by molar-refractivity contribution is 5.75. The molecule has 1 rings (SSSR count). The lowest BCUT2D eigenvalue weighted by atomic mass is 9.68. The molecule has 3 heteroatoms. The molecule has 1 aliphatic rings. The minimum absolute atomic E-state index is 0.725. The molecular formula is C11H15FO2. The van der Waals surface area contributed by atoms with Crippen molar-refractivity contribution in [2.45, 2.75) is 26.4 Å². The van der Waals surface area contributed by atoms with Gasteiger partial charge >= 0.3 is 5.97 Å². The highest BCUT2D eigenvalue weighted by Crippen LogP contribution is 2.43. The summed E-state index contributed by atoms with van der Waals surface area (Å²) < 4.78 is 14.5. The van der Waals surface area contributed by atoms with Crippen LogP contribution >= 0.6 is 0 Å². The molecule has 0 spiro atoms. The maximum atomic E-state index is 14.5. The third-order valence-corrected chi connectivity index (χ3v) is 2.62. The Morgan fingerprint density at radius 2 is 2.00 bits per heavy atom. The predicted octanol–water partition coefficient (Wildman–Crippen LogP) is 2.57. The summed E-state index contributed by atoms with van der Waals surface area (Å²) in [6.07, 6.45) is 5.87. The number of alkyl halides is 1. The van der Waals surface area contributed by atoms with Crippen LogP contribution in [0.1, 0.15) is 20.8 Å². The molecule has 1 N–H and O–H groups in total. The van der Waals surface area contributed by atoms with Crippen LogP contribution in [-0.4, -0.2) is 16.7 Å². The first kappa shape index (κ1) is 11.0. The summed E-state index contributed by atoms with van der Waals surface area (Å²) in [5, 5.41) is 8.91. The maximum Gasteiger partial charge on any atom is 0.314 e. The Bertz CT molecular complexity index is 299. The van der Waals surface area contributed by atoms with Gasteiger partial charge in [-0.1, -0.05) is 39.0 Å². The van der Waals surface area contributed by atoms with Crippen molar-refractivity contribution in [3.8, 4) is 0 Å². The van der Waals surface area contributed by atoms with Crippen molar-refractivity contribution in [1.82, 2.24) is 0 Å². The van der Waals surface area contributed by atoms with Gasteiger partial charge < -0.3 is 5.11 Å². The van der Waals surface area contributed by atoms with Crippen molar-refractivity contribution in [1.29, 1.82) is 0 Å². The van der Waals surface area contributed by atoms with Crippen LogP contribution in [0.15, 0.2) is 24.3 Å². The van der Waals surface area contributed by atoms with E-state index in [0.717, 1.165) is 0 Å². The topological polar surface area (TPSA) is 37.3 Å². The number of aliphatic carboxylic acids is 1. The van der Waals surface area contributed by atoms with Crippen LogP contribution in [0.25, 0.3) is 0 Å². The van der Waals surface area contributed by atoms with E-state index >= 15 is 0 Å². The zero-order valence-corrected chi connectivity index (χ0v) is 8.62. The van der Waals surface area contributed by atoms with Crippen molar-refractivity contribution < 1.29 is 14.3 Å². The largest absolute Gasteiger partial charge is 0.481 e. The monoisotopic (exact) mass is 198 g/mol. The summed E-state index contributed by atoms with van der Waals surface area (Å²) in [5.41, 5.74) is -2.54. The molecule has 14 heavy (non-hydrogen) atoms. The first-order valence-electron chi connectivity index (χ1n) is 4.57. The summed E-state index contributed by atoms with van der Waals surface area (Å²) in [6.45, 7) is 5.10. The van der Waals surface area contributed by atoms with E-state index in [0.29, 0.717) is 0 Å². The van der Waals surface area contributed by atoms with Crippen LogP contribution in [0, 0.1) is 11.3 Å². The number of hydrogen-bond acceptors (Lipinski definition) is 1. The summed E-state index contributed by atoms with van der Waals surface area (Å²) >= 11 is 0. The van der Waals surface area contributed by atoms with Gasteiger partial charge in [-0.15, -0.1) is 0 Å². The van der Waals surface area contributed by atoms with Gasteiger partial charge in [0.25, 0.3) is 0 Å². The zero-order chi connectivity index (χ0) is 11.0. The molecule has 0 radical (unpaired) electrons. The Kier molecular flexibility index (Phi) is 2.52. The number of carboxylic acids is 1. The van der Waals surface area contributed by atoms with Crippen molar-refractivity contribution >= 4 is 5.97 Å². The molecule has 0 fully saturated rings. The summed E-state index contributed by atoms with van der Waals surface area (Å²) in [7, 11) is 0. The zero-order valence-electron chi connectivity index (χ0n) is 8.62.